The zero-order chi connectivity index (χ0) is 24.3. The van der Waals surface area contributed by atoms with Crippen LogP contribution in [0.3, 0.4) is 0 Å². The van der Waals surface area contributed by atoms with Gasteiger partial charge in [-0.3, -0.25) is 0 Å². The van der Waals surface area contributed by atoms with Crippen LogP contribution < -0.4 is 5.32 Å². The predicted octanol–water partition coefficient (Wildman–Crippen LogP) is 4.80. The van der Waals surface area contributed by atoms with Gasteiger partial charge in [0.15, 0.2) is 0 Å². The quantitative estimate of drug-likeness (QED) is 0.662. The molecule has 4 rings (SSSR count). The molecule has 1 saturated heterocycles. The summed E-state index contributed by atoms with van der Waals surface area (Å²) in [7, 11) is 1.63. The van der Waals surface area contributed by atoms with Gasteiger partial charge in [-0.2, -0.15) is 0 Å². The smallest absolute Gasteiger partial charge is 0.410 e. The highest BCUT2D eigenvalue weighted by Gasteiger charge is 2.42. The third-order valence-electron chi connectivity index (χ3n) is 6.49. The van der Waals surface area contributed by atoms with Crippen molar-refractivity contribution in [2.75, 3.05) is 40.0 Å². The molecule has 1 atom stereocenters. The number of carbonyl (C=O) groups excluding carboxylic acids is 2. The first-order valence-corrected chi connectivity index (χ1v) is 11.8. The number of hydrogen-bond acceptors (Lipinski definition) is 5. The van der Waals surface area contributed by atoms with Crippen molar-refractivity contribution in [3.63, 3.8) is 0 Å². The highest BCUT2D eigenvalue weighted by atomic mass is 16.6. The number of amides is 2. The number of hydrogen-bond donors (Lipinski definition) is 1. The number of ether oxygens (including phenoxy) is 3. The first kappa shape index (κ1) is 24.1. The molecule has 0 aromatic heterocycles. The van der Waals surface area contributed by atoms with E-state index in [4.69, 9.17) is 14.2 Å². The van der Waals surface area contributed by atoms with E-state index in [1.54, 1.807) is 12.0 Å². The minimum atomic E-state index is -0.552. The van der Waals surface area contributed by atoms with Crippen molar-refractivity contribution in [2.45, 2.75) is 38.7 Å². The van der Waals surface area contributed by atoms with Crippen molar-refractivity contribution in [3.8, 4) is 11.1 Å². The lowest BCUT2D eigenvalue weighted by atomic mass is 9.88. The van der Waals surface area contributed by atoms with Crippen molar-refractivity contribution < 1.29 is 23.8 Å². The van der Waals surface area contributed by atoms with E-state index in [0.717, 1.165) is 0 Å². The van der Waals surface area contributed by atoms with Gasteiger partial charge in [0, 0.05) is 38.1 Å². The van der Waals surface area contributed by atoms with Crippen molar-refractivity contribution in [2.24, 2.45) is 5.41 Å². The molecule has 2 aromatic rings. The summed E-state index contributed by atoms with van der Waals surface area (Å²) in [5.41, 5.74) is 3.81. The summed E-state index contributed by atoms with van der Waals surface area (Å²) in [6.07, 6.45) is -0.0938. The molecule has 1 aliphatic carbocycles. The minimum absolute atomic E-state index is 0.0141. The molecule has 2 aliphatic rings. The standard InChI is InChI=1S/C27H34N2O5/c1-26(2,3)34-25(31)29-14-13-27(17-29,18-32-4)16-28-24(30)33-15-23-21-11-7-5-9-19(21)20-10-6-8-12-22(20)23/h5-12,23H,13-18H2,1-4H3,(H,28,30). The number of alkyl carbamates (subject to hydrolysis) is 1. The van der Waals surface area contributed by atoms with E-state index < -0.39 is 11.7 Å². The van der Waals surface area contributed by atoms with Gasteiger partial charge >= 0.3 is 12.2 Å². The van der Waals surface area contributed by atoms with Crippen LogP contribution in [0.2, 0.25) is 0 Å². The Morgan fingerprint density at radius 3 is 2.26 bits per heavy atom. The monoisotopic (exact) mass is 466 g/mol. The molecule has 182 valence electrons. The summed E-state index contributed by atoms with van der Waals surface area (Å²) >= 11 is 0. The Bertz CT molecular complexity index is 1000. The SMILES string of the molecule is COCC1(CNC(=O)OCC2c3ccccc3-c3ccccc32)CCN(C(=O)OC(C)(C)C)C1. The Morgan fingerprint density at radius 1 is 1.06 bits per heavy atom. The van der Waals surface area contributed by atoms with E-state index in [2.05, 4.69) is 29.6 Å². The van der Waals surface area contributed by atoms with Crippen molar-refractivity contribution >= 4 is 12.2 Å². The molecular weight excluding hydrogens is 432 g/mol. The van der Waals surface area contributed by atoms with Crippen LogP contribution in [-0.2, 0) is 14.2 Å². The second-order valence-electron chi connectivity index (χ2n) is 10.3. The molecule has 2 amide bonds. The lowest BCUT2D eigenvalue weighted by Gasteiger charge is -2.29. The number of carbonyl (C=O) groups is 2. The fourth-order valence-electron chi connectivity index (χ4n) is 4.95. The normalized spacial score (nSPS) is 19.5. The second-order valence-corrected chi connectivity index (χ2v) is 10.3. The molecule has 0 radical (unpaired) electrons. The Labute approximate surface area is 201 Å². The lowest BCUT2D eigenvalue weighted by Crippen LogP contribution is -2.44. The number of nitrogens with one attached hydrogen (secondary N) is 1. The van der Waals surface area contributed by atoms with Crippen LogP contribution in [0.15, 0.2) is 48.5 Å². The minimum Gasteiger partial charge on any atom is -0.449 e. The fraction of sp³-hybridized carbons (Fsp3) is 0.481. The summed E-state index contributed by atoms with van der Waals surface area (Å²) in [6.45, 7) is 7.62. The van der Waals surface area contributed by atoms with Crippen LogP contribution in [0.5, 0.6) is 0 Å². The number of methoxy groups -OCH3 is 1. The van der Waals surface area contributed by atoms with E-state index in [0.29, 0.717) is 32.7 Å². The van der Waals surface area contributed by atoms with Crippen molar-refractivity contribution in [1.29, 1.82) is 0 Å². The summed E-state index contributed by atoms with van der Waals surface area (Å²) < 4.78 is 16.6. The molecular formula is C27H34N2O5. The summed E-state index contributed by atoms with van der Waals surface area (Å²) in [6, 6.07) is 16.5. The van der Waals surface area contributed by atoms with E-state index in [9.17, 15) is 9.59 Å². The fourth-order valence-corrected chi connectivity index (χ4v) is 4.95. The molecule has 2 aromatic carbocycles. The van der Waals surface area contributed by atoms with Crippen LogP contribution in [0.25, 0.3) is 11.1 Å². The maximum Gasteiger partial charge on any atom is 0.410 e. The van der Waals surface area contributed by atoms with Gasteiger partial charge in [0.1, 0.15) is 12.2 Å². The van der Waals surface area contributed by atoms with E-state index in [1.165, 1.54) is 22.3 Å². The summed E-state index contributed by atoms with van der Waals surface area (Å²) in [4.78, 5) is 26.8. The van der Waals surface area contributed by atoms with Crippen LogP contribution in [0.4, 0.5) is 9.59 Å². The molecule has 34 heavy (non-hydrogen) atoms. The topological polar surface area (TPSA) is 77.1 Å². The van der Waals surface area contributed by atoms with Gasteiger partial charge in [-0.25, -0.2) is 9.59 Å². The average molecular weight is 467 g/mol. The highest BCUT2D eigenvalue weighted by Crippen LogP contribution is 2.44. The molecule has 7 nitrogen and oxygen atoms in total. The van der Waals surface area contributed by atoms with Crippen molar-refractivity contribution in [1.82, 2.24) is 10.2 Å². The zero-order valence-corrected chi connectivity index (χ0v) is 20.4. The molecule has 1 aliphatic heterocycles. The van der Waals surface area contributed by atoms with Crippen LogP contribution in [0.1, 0.15) is 44.2 Å². The summed E-state index contributed by atoms with van der Waals surface area (Å²) in [5, 5.41) is 2.91. The number of likely N-dealkylation sites (tertiary alicyclic amines) is 1. The van der Waals surface area contributed by atoms with Gasteiger partial charge in [0.25, 0.3) is 0 Å². The van der Waals surface area contributed by atoms with Crippen LogP contribution >= 0.6 is 0 Å². The predicted molar refractivity (Wildman–Crippen MR) is 130 cm³/mol. The van der Waals surface area contributed by atoms with Gasteiger partial charge < -0.3 is 24.4 Å². The Morgan fingerprint density at radius 2 is 1.68 bits per heavy atom. The van der Waals surface area contributed by atoms with Crippen LogP contribution in [-0.4, -0.2) is 62.6 Å². The molecule has 0 saturated carbocycles. The number of rotatable bonds is 6. The number of benzene rings is 2. The van der Waals surface area contributed by atoms with Gasteiger partial charge in [-0.15, -0.1) is 0 Å². The second kappa shape index (κ2) is 9.66. The van der Waals surface area contributed by atoms with Gasteiger partial charge in [0.05, 0.1) is 6.61 Å². The number of nitrogens with zero attached hydrogens (tertiary/aromatic N) is 1. The average Bonchev–Trinajstić information content (AvgIpc) is 3.36. The molecule has 7 heteroatoms. The maximum absolute atomic E-state index is 12.7. The molecule has 1 unspecified atom stereocenters. The first-order chi connectivity index (χ1) is 16.2. The van der Waals surface area contributed by atoms with Gasteiger partial charge in [-0.1, -0.05) is 48.5 Å². The van der Waals surface area contributed by atoms with Crippen molar-refractivity contribution in [3.05, 3.63) is 59.7 Å². The Balaban J connectivity index is 1.35. The molecule has 1 heterocycles. The molecule has 1 N–H and O–H groups in total. The molecule has 0 spiro atoms. The zero-order valence-electron chi connectivity index (χ0n) is 20.4. The lowest BCUT2D eigenvalue weighted by molar-refractivity contribution is 0.0237. The van der Waals surface area contributed by atoms with E-state index in [-0.39, 0.29) is 24.0 Å². The van der Waals surface area contributed by atoms with Gasteiger partial charge in [0.2, 0.25) is 0 Å². The third-order valence-corrected chi connectivity index (χ3v) is 6.49. The van der Waals surface area contributed by atoms with E-state index in [1.807, 2.05) is 45.0 Å². The molecule has 0 bridgehead atoms. The number of fused-ring (bicyclic) bond motifs is 3. The largest absolute Gasteiger partial charge is 0.449 e. The maximum atomic E-state index is 12.7. The van der Waals surface area contributed by atoms with Gasteiger partial charge in [-0.05, 0) is 49.4 Å². The summed E-state index contributed by atoms with van der Waals surface area (Å²) in [5.74, 6) is 0.0141. The third kappa shape index (κ3) is 5.20. The molecule has 1 fully saturated rings. The van der Waals surface area contributed by atoms with Crippen LogP contribution in [0, 0.1) is 5.41 Å². The highest BCUT2D eigenvalue weighted by molar-refractivity contribution is 5.79. The Hall–Kier alpha value is -3.06. The first-order valence-electron chi connectivity index (χ1n) is 11.8. The Kier molecular flexibility index (Phi) is 6.84. The van der Waals surface area contributed by atoms with E-state index >= 15 is 0 Å².